The molecule has 38 heavy (non-hydrogen) atoms. The molecule has 0 unspecified atom stereocenters. The van der Waals surface area contributed by atoms with E-state index >= 15 is 0 Å². The average molecular weight is 548 g/mol. The second-order valence-electron chi connectivity index (χ2n) is 9.49. The normalized spacial score (nSPS) is 21.1. The molecule has 0 spiro atoms. The molecule has 0 aliphatic carbocycles. The lowest BCUT2D eigenvalue weighted by atomic mass is 9.90. The molecule has 1 amide bonds. The molecular weight excluding hydrogens is 519 g/mol. The number of alkyl halides is 3. The Labute approximate surface area is 222 Å². The zero-order valence-electron chi connectivity index (χ0n) is 20.7. The Bertz CT molecular complexity index is 1330. The number of amides is 1. The highest BCUT2D eigenvalue weighted by molar-refractivity contribution is 8.00. The van der Waals surface area contributed by atoms with Gasteiger partial charge >= 0.3 is 6.18 Å². The van der Waals surface area contributed by atoms with Crippen LogP contribution in [0.25, 0.3) is 11.0 Å². The van der Waals surface area contributed by atoms with Crippen LogP contribution in [-0.2, 0) is 11.3 Å². The Morgan fingerprint density at radius 2 is 2.13 bits per heavy atom. The van der Waals surface area contributed by atoms with E-state index in [-0.39, 0.29) is 32.0 Å². The summed E-state index contributed by atoms with van der Waals surface area (Å²) in [4.78, 5) is 22.9. The van der Waals surface area contributed by atoms with Crippen LogP contribution in [-0.4, -0.2) is 70.6 Å². The summed E-state index contributed by atoms with van der Waals surface area (Å²) in [6.45, 7) is 0.469. The molecule has 2 aromatic heterocycles. The summed E-state index contributed by atoms with van der Waals surface area (Å²) in [5, 5.41) is 16.9. The number of thioether (sulfide) groups is 1. The van der Waals surface area contributed by atoms with Crippen molar-refractivity contribution in [2.75, 3.05) is 37.8 Å². The molecule has 0 bridgehead atoms. The van der Waals surface area contributed by atoms with Gasteiger partial charge in [-0.3, -0.25) is 14.7 Å². The fourth-order valence-corrected chi connectivity index (χ4v) is 5.79. The molecule has 3 N–H and O–H groups in total. The molecule has 1 fully saturated rings. The molecule has 202 valence electrons. The minimum absolute atomic E-state index is 0.0412. The van der Waals surface area contributed by atoms with Crippen molar-refractivity contribution in [1.82, 2.24) is 20.2 Å². The maximum absolute atomic E-state index is 14.1. The first-order valence-corrected chi connectivity index (χ1v) is 13.3. The number of aliphatic hydroxyl groups is 1. The van der Waals surface area contributed by atoms with Crippen LogP contribution in [0.4, 0.5) is 18.9 Å². The van der Waals surface area contributed by atoms with E-state index in [2.05, 4.69) is 20.6 Å². The van der Waals surface area contributed by atoms with Gasteiger partial charge in [0, 0.05) is 48.4 Å². The number of nitrogens with zero attached hydrogens (tertiary/aromatic N) is 3. The van der Waals surface area contributed by atoms with Crippen molar-refractivity contribution >= 4 is 34.4 Å². The van der Waals surface area contributed by atoms with Gasteiger partial charge in [0.05, 0.1) is 41.6 Å². The van der Waals surface area contributed by atoms with E-state index < -0.39 is 24.2 Å². The van der Waals surface area contributed by atoms with Gasteiger partial charge in [0.15, 0.2) is 0 Å². The first kappa shape index (κ1) is 26.7. The number of fused-ring (bicyclic) bond motifs is 2. The van der Waals surface area contributed by atoms with E-state index in [4.69, 9.17) is 4.74 Å². The molecule has 5 rings (SSSR count). The predicted molar refractivity (Wildman–Crippen MR) is 138 cm³/mol. The number of halogens is 3. The van der Waals surface area contributed by atoms with E-state index in [1.807, 2.05) is 18.2 Å². The van der Waals surface area contributed by atoms with Gasteiger partial charge in [0.2, 0.25) is 11.8 Å². The number of likely N-dealkylation sites (tertiary alicyclic amines) is 1. The lowest BCUT2D eigenvalue weighted by Crippen LogP contribution is -2.54. The number of pyridine rings is 2. The number of nitrogens with one attached hydrogen (secondary N) is 2. The van der Waals surface area contributed by atoms with Gasteiger partial charge in [-0.15, -0.1) is 11.8 Å². The summed E-state index contributed by atoms with van der Waals surface area (Å²) in [5.74, 6) is -0.964. The zero-order chi connectivity index (χ0) is 26.9. The smallest absolute Gasteiger partial charge is 0.394 e. The lowest BCUT2D eigenvalue weighted by molar-refractivity contribution is -0.195. The lowest BCUT2D eigenvalue weighted by Gasteiger charge is -2.40. The molecule has 0 saturated carbocycles. The van der Waals surface area contributed by atoms with Crippen LogP contribution in [0.5, 0.6) is 5.88 Å². The molecule has 8 nitrogen and oxygen atoms in total. The number of hydrogen-bond donors (Lipinski definition) is 3. The summed E-state index contributed by atoms with van der Waals surface area (Å²) < 4.78 is 47.5. The Morgan fingerprint density at radius 1 is 1.29 bits per heavy atom. The van der Waals surface area contributed by atoms with E-state index in [1.165, 1.54) is 18.9 Å². The summed E-state index contributed by atoms with van der Waals surface area (Å²) in [6, 6.07) is 9.81. The molecule has 0 radical (unpaired) electrons. The van der Waals surface area contributed by atoms with Crippen molar-refractivity contribution in [3.8, 4) is 5.88 Å². The molecule has 1 aromatic carbocycles. The topological polar surface area (TPSA) is 99.6 Å². The number of aliphatic hydroxyl groups excluding tert-OH is 1. The maximum Gasteiger partial charge on any atom is 0.394 e. The highest BCUT2D eigenvalue weighted by Crippen LogP contribution is 2.36. The Balaban J connectivity index is 1.25. The van der Waals surface area contributed by atoms with Gasteiger partial charge < -0.3 is 20.5 Å². The summed E-state index contributed by atoms with van der Waals surface area (Å²) in [7, 11) is 1.48. The second-order valence-corrected chi connectivity index (χ2v) is 10.5. The SMILES string of the molecule is COc1ccc2nccc([C@@H](O)CN3CC[C@H](NCc4ccc5c(c4)NC(=O)CS5)[C@@H](C(F)(F)F)C3)c2n1. The number of ether oxygens (including phenoxy) is 1. The first-order valence-electron chi connectivity index (χ1n) is 12.3. The quantitative estimate of drug-likeness (QED) is 0.411. The van der Waals surface area contributed by atoms with Crippen LogP contribution in [0.2, 0.25) is 0 Å². The van der Waals surface area contributed by atoms with E-state index in [9.17, 15) is 23.1 Å². The van der Waals surface area contributed by atoms with Crippen molar-refractivity contribution in [3.63, 3.8) is 0 Å². The van der Waals surface area contributed by atoms with E-state index in [1.54, 1.807) is 29.3 Å². The highest BCUT2D eigenvalue weighted by atomic mass is 32.2. The van der Waals surface area contributed by atoms with Crippen LogP contribution < -0.4 is 15.4 Å². The monoisotopic (exact) mass is 547 g/mol. The molecule has 3 aromatic rings. The number of piperidine rings is 1. The number of aromatic nitrogens is 2. The number of carbonyl (C=O) groups is 1. The van der Waals surface area contributed by atoms with Crippen molar-refractivity contribution in [3.05, 3.63) is 53.7 Å². The number of benzene rings is 1. The standard InChI is InChI=1S/C26H28F3N5O3S/c1-37-24-5-3-19-25(33-24)16(6-8-30-19)21(35)13-34-9-7-18(17(12-34)26(27,28)29)31-11-15-2-4-22-20(10-15)32-23(36)14-38-22/h2-6,8,10,17-18,21,31,35H,7,9,11-14H2,1H3,(H,32,36)/t17-,18-,21-/m0/s1. The van der Waals surface area contributed by atoms with Crippen LogP contribution in [0, 0.1) is 5.92 Å². The minimum atomic E-state index is -4.40. The molecule has 2 aliphatic rings. The van der Waals surface area contributed by atoms with Crippen LogP contribution in [0.3, 0.4) is 0 Å². The summed E-state index contributed by atoms with van der Waals surface area (Å²) >= 11 is 1.44. The molecule has 4 heterocycles. The molecular formula is C26H28F3N5O3S. The molecule has 3 atom stereocenters. The van der Waals surface area contributed by atoms with Crippen molar-refractivity contribution in [2.45, 2.75) is 36.2 Å². The third kappa shape index (κ3) is 5.88. The van der Waals surface area contributed by atoms with Gasteiger partial charge in [0.1, 0.15) is 0 Å². The summed E-state index contributed by atoms with van der Waals surface area (Å²) in [5.41, 5.74) is 3.02. The number of carbonyl (C=O) groups excluding carboxylic acids is 1. The number of anilines is 1. The first-order chi connectivity index (χ1) is 18.2. The average Bonchev–Trinajstić information content (AvgIpc) is 2.90. The second kappa shape index (κ2) is 11.0. The van der Waals surface area contributed by atoms with Gasteiger partial charge in [0.25, 0.3) is 0 Å². The fraction of sp³-hybridized carbons (Fsp3) is 0.423. The molecule has 12 heteroatoms. The molecule has 1 saturated heterocycles. The highest BCUT2D eigenvalue weighted by Gasteiger charge is 2.47. The summed E-state index contributed by atoms with van der Waals surface area (Å²) in [6.07, 6.45) is -3.62. The number of β-amino-alcohol motifs (C(OH)–C–C–N with tert-alkyl or cyclic N) is 1. The van der Waals surface area contributed by atoms with Crippen LogP contribution >= 0.6 is 11.8 Å². The Hall–Kier alpha value is -2.93. The van der Waals surface area contributed by atoms with Gasteiger partial charge in [-0.05, 0) is 42.8 Å². The number of hydrogen-bond acceptors (Lipinski definition) is 8. The van der Waals surface area contributed by atoms with Gasteiger partial charge in [-0.2, -0.15) is 13.2 Å². The largest absolute Gasteiger partial charge is 0.481 e. The Kier molecular flexibility index (Phi) is 7.75. The number of methoxy groups -OCH3 is 1. The molecule has 2 aliphatic heterocycles. The van der Waals surface area contributed by atoms with Crippen LogP contribution in [0.1, 0.15) is 23.7 Å². The zero-order valence-corrected chi connectivity index (χ0v) is 21.5. The van der Waals surface area contributed by atoms with E-state index in [0.717, 1.165) is 10.5 Å². The van der Waals surface area contributed by atoms with Crippen molar-refractivity contribution in [2.24, 2.45) is 5.92 Å². The maximum atomic E-state index is 14.1. The third-order valence-electron chi connectivity index (χ3n) is 6.95. The third-order valence-corrected chi connectivity index (χ3v) is 8.02. The van der Waals surface area contributed by atoms with Crippen molar-refractivity contribution in [1.29, 1.82) is 0 Å². The van der Waals surface area contributed by atoms with Gasteiger partial charge in [-0.25, -0.2) is 4.98 Å². The Morgan fingerprint density at radius 3 is 2.92 bits per heavy atom. The fourth-order valence-electron chi connectivity index (χ4n) is 5.00. The van der Waals surface area contributed by atoms with Crippen molar-refractivity contribution < 1.29 is 27.8 Å². The van der Waals surface area contributed by atoms with Crippen LogP contribution in [0.15, 0.2) is 47.5 Å². The predicted octanol–water partition coefficient (Wildman–Crippen LogP) is 3.76. The minimum Gasteiger partial charge on any atom is -0.481 e. The van der Waals surface area contributed by atoms with Gasteiger partial charge in [-0.1, -0.05) is 6.07 Å². The van der Waals surface area contributed by atoms with E-state index in [0.29, 0.717) is 40.5 Å². The number of rotatable bonds is 7.